The van der Waals surface area contributed by atoms with Gasteiger partial charge in [0.1, 0.15) is 0 Å². The topological polar surface area (TPSA) is 35.6 Å². The van der Waals surface area contributed by atoms with Crippen LogP contribution in [0.1, 0.15) is 0 Å². The zero-order valence-electron chi connectivity index (χ0n) is 28.1. The van der Waals surface area contributed by atoms with Crippen LogP contribution in [0.2, 0.25) is 0 Å². The predicted molar refractivity (Wildman–Crippen MR) is 217 cm³/mol. The Bertz CT molecular complexity index is 3170. The Morgan fingerprint density at radius 2 is 1.00 bits per heavy atom. The number of aromatic nitrogens is 4. The molecule has 3 aromatic heterocycles. The molecule has 0 saturated heterocycles. The molecule has 242 valence electrons. The molecule has 0 aliphatic rings. The first-order valence-corrected chi connectivity index (χ1v) is 17.7. The highest BCUT2D eigenvalue weighted by Crippen LogP contribution is 2.40. The van der Waals surface area contributed by atoms with E-state index in [-0.39, 0.29) is 0 Å². The molecule has 11 rings (SSSR count). The van der Waals surface area contributed by atoms with Crippen LogP contribution in [-0.4, -0.2) is 19.1 Å². The van der Waals surface area contributed by atoms with Crippen LogP contribution < -0.4 is 0 Å². The standard InChI is InChI=1S/C48H30N4/c1-2-10-31(11-3-1)32-20-24-37(25-21-32)51-43-16-8-5-13-38(43)39-26-22-35(29-46(39)51)34-19-18-33-23-27-45-47(41(33)28-34)40-14-6-9-17-44(40)52(45)48-49-30-36-12-4-7-15-42(36)50-48/h1-30H. The van der Waals surface area contributed by atoms with Crippen LogP contribution in [0.25, 0.3) is 99.2 Å². The summed E-state index contributed by atoms with van der Waals surface area (Å²) < 4.78 is 4.61. The van der Waals surface area contributed by atoms with E-state index >= 15 is 0 Å². The normalized spacial score (nSPS) is 11.8. The first-order chi connectivity index (χ1) is 25.8. The lowest BCUT2D eigenvalue weighted by atomic mass is 9.97. The summed E-state index contributed by atoms with van der Waals surface area (Å²) in [6.45, 7) is 0. The van der Waals surface area contributed by atoms with E-state index in [0.29, 0.717) is 5.95 Å². The summed E-state index contributed by atoms with van der Waals surface area (Å²) in [7, 11) is 0. The minimum atomic E-state index is 0.676. The van der Waals surface area contributed by atoms with Gasteiger partial charge in [-0.1, -0.05) is 127 Å². The number of fused-ring (bicyclic) bond motifs is 9. The molecule has 0 N–H and O–H groups in total. The van der Waals surface area contributed by atoms with E-state index in [1.807, 2.05) is 24.4 Å². The molecule has 0 unspecified atom stereocenters. The molecular weight excluding hydrogens is 633 g/mol. The van der Waals surface area contributed by atoms with Crippen LogP contribution in [0.5, 0.6) is 0 Å². The Morgan fingerprint density at radius 1 is 0.365 bits per heavy atom. The van der Waals surface area contributed by atoms with E-state index in [0.717, 1.165) is 27.6 Å². The average molecular weight is 663 g/mol. The zero-order chi connectivity index (χ0) is 34.2. The number of benzene rings is 8. The Morgan fingerprint density at radius 3 is 1.87 bits per heavy atom. The van der Waals surface area contributed by atoms with Gasteiger partial charge in [-0.05, 0) is 81.6 Å². The fourth-order valence-electron chi connectivity index (χ4n) is 8.11. The van der Waals surface area contributed by atoms with Gasteiger partial charge >= 0.3 is 0 Å². The van der Waals surface area contributed by atoms with Gasteiger partial charge in [-0.15, -0.1) is 0 Å². The molecule has 0 amide bonds. The molecule has 0 spiro atoms. The highest BCUT2D eigenvalue weighted by atomic mass is 15.2. The molecule has 0 aliphatic carbocycles. The first-order valence-electron chi connectivity index (χ1n) is 17.7. The molecule has 52 heavy (non-hydrogen) atoms. The minimum absolute atomic E-state index is 0.676. The lowest BCUT2D eigenvalue weighted by molar-refractivity contribution is 1.01. The lowest BCUT2D eigenvalue weighted by Gasteiger charge is -2.11. The summed E-state index contributed by atoms with van der Waals surface area (Å²) in [5, 5.41) is 8.33. The third-order valence-electron chi connectivity index (χ3n) is 10.6. The smallest absolute Gasteiger partial charge is 0.235 e. The van der Waals surface area contributed by atoms with E-state index in [1.165, 1.54) is 65.6 Å². The molecule has 0 fully saturated rings. The van der Waals surface area contributed by atoms with Gasteiger partial charge in [0.15, 0.2) is 0 Å². The van der Waals surface area contributed by atoms with E-state index in [2.05, 4.69) is 167 Å². The molecule has 0 atom stereocenters. The molecule has 0 saturated carbocycles. The minimum Gasteiger partial charge on any atom is -0.309 e. The van der Waals surface area contributed by atoms with Crippen LogP contribution >= 0.6 is 0 Å². The van der Waals surface area contributed by atoms with Crippen molar-refractivity contribution in [1.29, 1.82) is 0 Å². The maximum absolute atomic E-state index is 5.01. The third-order valence-corrected chi connectivity index (χ3v) is 10.6. The number of nitrogens with zero attached hydrogens (tertiary/aromatic N) is 4. The summed E-state index contributed by atoms with van der Waals surface area (Å²) in [4.78, 5) is 9.86. The van der Waals surface area contributed by atoms with Crippen molar-refractivity contribution in [2.24, 2.45) is 0 Å². The summed E-state index contributed by atoms with van der Waals surface area (Å²) in [5.74, 6) is 0.676. The molecule has 0 bridgehead atoms. The Labute approximate surface area is 299 Å². The molecule has 11 aromatic rings. The highest BCUT2D eigenvalue weighted by molar-refractivity contribution is 6.22. The Kier molecular flexibility index (Phi) is 6.22. The summed E-state index contributed by atoms with van der Waals surface area (Å²) in [6.07, 6.45) is 1.92. The monoisotopic (exact) mass is 662 g/mol. The van der Waals surface area contributed by atoms with Gasteiger partial charge in [0.2, 0.25) is 5.95 Å². The van der Waals surface area contributed by atoms with Gasteiger partial charge in [-0.2, -0.15) is 0 Å². The van der Waals surface area contributed by atoms with Crippen molar-refractivity contribution in [3.8, 4) is 33.9 Å². The van der Waals surface area contributed by atoms with Crippen LogP contribution in [0.3, 0.4) is 0 Å². The summed E-state index contributed by atoms with van der Waals surface area (Å²) >= 11 is 0. The van der Waals surface area contributed by atoms with Crippen molar-refractivity contribution >= 4 is 65.3 Å². The Balaban J connectivity index is 1.10. The van der Waals surface area contributed by atoms with Gasteiger partial charge in [-0.25, -0.2) is 9.97 Å². The van der Waals surface area contributed by atoms with Gasteiger partial charge in [0, 0.05) is 38.8 Å². The zero-order valence-corrected chi connectivity index (χ0v) is 28.1. The largest absolute Gasteiger partial charge is 0.309 e. The molecule has 3 heterocycles. The van der Waals surface area contributed by atoms with Crippen molar-refractivity contribution in [2.75, 3.05) is 0 Å². The molecular formula is C48H30N4. The molecule has 4 heteroatoms. The van der Waals surface area contributed by atoms with E-state index in [4.69, 9.17) is 9.97 Å². The van der Waals surface area contributed by atoms with Crippen molar-refractivity contribution < 1.29 is 0 Å². The van der Waals surface area contributed by atoms with Crippen molar-refractivity contribution in [2.45, 2.75) is 0 Å². The van der Waals surface area contributed by atoms with E-state index < -0.39 is 0 Å². The highest BCUT2D eigenvalue weighted by Gasteiger charge is 2.18. The second-order valence-electron chi connectivity index (χ2n) is 13.5. The van der Waals surface area contributed by atoms with E-state index in [9.17, 15) is 0 Å². The van der Waals surface area contributed by atoms with Gasteiger partial charge < -0.3 is 4.57 Å². The quantitative estimate of drug-likeness (QED) is 0.188. The maximum Gasteiger partial charge on any atom is 0.235 e. The molecule has 0 radical (unpaired) electrons. The van der Waals surface area contributed by atoms with Crippen LogP contribution in [-0.2, 0) is 0 Å². The number of para-hydroxylation sites is 3. The maximum atomic E-state index is 5.01. The third kappa shape index (κ3) is 4.34. The van der Waals surface area contributed by atoms with Crippen LogP contribution in [0, 0.1) is 0 Å². The molecule has 4 nitrogen and oxygen atoms in total. The fraction of sp³-hybridized carbons (Fsp3) is 0. The number of rotatable bonds is 4. The van der Waals surface area contributed by atoms with Gasteiger partial charge in [-0.3, -0.25) is 4.57 Å². The molecule has 8 aromatic carbocycles. The van der Waals surface area contributed by atoms with Crippen molar-refractivity contribution in [3.05, 3.63) is 182 Å². The second-order valence-corrected chi connectivity index (χ2v) is 13.5. The predicted octanol–water partition coefficient (Wildman–Crippen LogP) is 12.3. The lowest BCUT2D eigenvalue weighted by Crippen LogP contribution is -2.00. The van der Waals surface area contributed by atoms with Crippen LogP contribution in [0.4, 0.5) is 0 Å². The average Bonchev–Trinajstić information content (AvgIpc) is 3.74. The first kappa shape index (κ1) is 28.8. The number of hydrogen-bond acceptors (Lipinski definition) is 2. The SMILES string of the molecule is c1ccc(-c2ccc(-n3c4ccccc4c4ccc(-c5ccc6ccc7c(c6c5)c5ccccc5n7-c5ncc6ccccc6n5)cc43)cc2)cc1. The fourth-order valence-corrected chi connectivity index (χ4v) is 8.11. The van der Waals surface area contributed by atoms with Crippen molar-refractivity contribution in [3.63, 3.8) is 0 Å². The summed E-state index contributed by atoms with van der Waals surface area (Å²) in [5.41, 5.74) is 11.4. The van der Waals surface area contributed by atoms with Gasteiger partial charge in [0.25, 0.3) is 0 Å². The van der Waals surface area contributed by atoms with Crippen molar-refractivity contribution in [1.82, 2.24) is 19.1 Å². The summed E-state index contributed by atoms with van der Waals surface area (Å²) in [6, 6.07) is 63.2. The van der Waals surface area contributed by atoms with Crippen LogP contribution in [0.15, 0.2) is 182 Å². The second kappa shape index (κ2) is 11.2. The molecule has 0 aliphatic heterocycles. The number of hydrogen-bond donors (Lipinski definition) is 0. The van der Waals surface area contributed by atoms with Gasteiger partial charge in [0.05, 0.1) is 27.6 Å². The van der Waals surface area contributed by atoms with E-state index in [1.54, 1.807) is 0 Å². The Hall–Kier alpha value is -7.04.